The SMILES string of the molecule is Cc1cc(N2C=CN(C)C2Nc2c(Cl)cccc2Cl)ncc1Cl. The monoisotopic (exact) mass is 368 g/mol. The second kappa shape index (κ2) is 6.48. The van der Waals surface area contributed by atoms with E-state index in [-0.39, 0.29) is 6.29 Å². The molecule has 2 heterocycles. The molecular weight excluding hydrogens is 355 g/mol. The number of anilines is 2. The summed E-state index contributed by atoms with van der Waals surface area (Å²) in [5.74, 6) is 0.785. The van der Waals surface area contributed by atoms with Crippen LogP contribution in [0.5, 0.6) is 0 Å². The van der Waals surface area contributed by atoms with E-state index in [9.17, 15) is 0 Å². The van der Waals surface area contributed by atoms with E-state index in [4.69, 9.17) is 34.8 Å². The van der Waals surface area contributed by atoms with Crippen molar-refractivity contribution < 1.29 is 0 Å². The van der Waals surface area contributed by atoms with Crippen molar-refractivity contribution in [3.8, 4) is 0 Å². The van der Waals surface area contributed by atoms with Gasteiger partial charge in [0.15, 0.2) is 6.29 Å². The van der Waals surface area contributed by atoms with Gasteiger partial charge in [-0.05, 0) is 30.7 Å². The van der Waals surface area contributed by atoms with Crippen molar-refractivity contribution in [2.45, 2.75) is 13.2 Å². The number of aromatic nitrogens is 1. The Morgan fingerprint density at radius 1 is 1.09 bits per heavy atom. The lowest BCUT2D eigenvalue weighted by Gasteiger charge is -2.31. The molecule has 0 amide bonds. The molecular formula is C16H15Cl3N4. The van der Waals surface area contributed by atoms with Crippen LogP contribution in [-0.2, 0) is 0 Å². The molecule has 23 heavy (non-hydrogen) atoms. The van der Waals surface area contributed by atoms with Gasteiger partial charge in [0, 0.05) is 25.6 Å². The average Bonchev–Trinajstić information content (AvgIpc) is 2.87. The minimum atomic E-state index is -0.194. The van der Waals surface area contributed by atoms with Crippen molar-refractivity contribution in [2.75, 3.05) is 17.3 Å². The van der Waals surface area contributed by atoms with Crippen molar-refractivity contribution in [2.24, 2.45) is 0 Å². The van der Waals surface area contributed by atoms with E-state index in [1.54, 1.807) is 18.3 Å². The summed E-state index contributed by atoms with van der Waals surface area (Å²) in [7, 11) is 1.96. The number of halogens is 3. The molecule has 120 valence electrons. The zero-order chi connectivity index (χ0) is 16.6. The molecule has 3 rings (SSSR count). The van der Waals surface area contributed by atoms with Crippen LogP contribution in [0.1, 0.15) is 5.56 Å². The predicted molar refractivity (Wildman–Crippen MR) is 97.2 cm³/mol. The number of nitrogens with zero attached hydrogens (tertiary/aromatic N) is 3. The molecule has 1 atom stereocenters. The van der Waals surface area contributed by atoms with Gasteiger partial charge >= 0.3 is 0 Å². The fourth-order valence-electron chi connectivity index (χ4n) is 2.34. The highest BCUT2D eigenvalue weighted by molar-refractivity contribution is 6.39. The number of nitrogens with one attached hydrogen (secondary N) is 1. The molecule has 2 aromatic rings. The molecule has 4 nitrogen and oxygen atoms in total. The zero-order valence-electron chi connectivity index (χ0n) is 12.6. The van der Waals surface area contributed by atoms with Crippen LogP contribution in [0.4, 0.5) is 11.5 Å². The quantitative estimate of drug-likeness (QED) is 0.828. The van der Waals surface area contributed by atoms with Crippen molar-refractivity contribution in [3.63, 3.8) is 0 Å². The lowest BCUT2D eigenvalue weighted by Crippen LogP contribution is -2.43. The molecule has 0 aliphatic carbocycles. The molecule has 1 unspecified atom stereocenters. The Hall–Kier alpha value is -1.62. The third kappa shape index (κ3) is 3.20. The number of rotatable bonds is 3. The van der Waals surface area contributed by atoms with Crippen LogP contribution in [0.15, 0.2) is 42.9 Å². The van der Waals surface area contributed by atoms with Gasteiger partial charge in [0.2, 0.25) is 0 Å². The minimum absolute atomic E-state index is 0.194. The summed E-state index contributed by atoms with van der Waals surface area (Å²) < 4.78 is 0. The van der Waals surface area contributed by atoms with Crippen LogP contribution in [0, 0.1) is 6.92 Å². The summed E-state index contributed by atoms with van der Waals surface area (Å²) >= 11 is 18.6. The number of hydrogen-bond acceptors (Lipinski definition) is 4. The van der Waals surface area contributed by atoms with Crippen molar-refractivity contribution in [1.82, 2.24) is 9.88 Å². The maximum absolute atomic E-state index is 6.26. The largest absolute Gasteiger partial charge is 0.345 e. The van der Waals surface area contributed by atoms with Crippen molar-refractivity contribution in [3.05, 3.63) is 63.5 Å². The topological polar surface area (TPSA) is 31.4 Å². The Balaban J connectivity index is 1.92. The second-order valence-electron chi connectivity index (χ2n) is 5.28. The third-order valence-corrected chi connectivity index (χ3v) is 4.67. The van der Waals surface area contributed by atoms with Crippen LogP contribution in [0.25, 0.3) is 0 Å². The van der Waals surface area contributed by atoms with Crippen molar-refractivity contribution in [1.29, 1.82) is 0 Å². The highest BCUT2D eigenvalue weighted by Gasteiger charge is 2.27. The first-order valence-corrected chi connectivity index (χ1v) is 8.12. The third-order valence-electron chi connectivity index (χ3n) is 3.64. The van der Waals surface area contributed by atoms with Gasteiger partial charge in [0.05, 0.1) is 20.8 Å². The first-order valence-electron chi connectivity index (χ1n) is 6.98. The zero-order valence-corrected chi connectivity index (χ0v) is 14.9. The first kappa shape index (κ1) is 16.2. The Labute approximate surface area is 150 Å². The number of para-hydroxylation sites is 1. The average molecular weight is 370 g/mol. The van der Waals surface area contributed by atoms with Crippen LogP contribution < -0.4 is 10.2 Å². The summed E-state index contributed by atoms with van der Waals surface area (Å²) in [6, 6.07) is 7.35. The van der Waals surface area contributed by atoms with Gasteiger partial charge in [0.25, 0.3) is 0 Å². The molecule has 1 aromatic heterocycles. The second-order valence-corrected chi connectivity index (χ2v) is 6.50. The highest BCUT2D eigenvalue weighted by atomic mass is 35.5. The van der Waals surface area contributed by atoms with Gasteiger partial charge in [-0.15, -0.1) is 0 Å². The van der Waals surface area contributed by atoms with E-state index in [2.05, 4.69) is 10.3 Å². The Kier molecular flexibility index (Phi) is 4.57. The van der Waals surface area contributed by atoms with E-state index in [1.165, 1.54) is 0 Å². The number of aryl methyl sites for hydroxylation is 1. The molecule has 1 aliphatic heterocycles. The van der Waals surface area contributed by atoms with Crippen molar-refractivity contribution >= 4 is 46.3 Å². The van der Waals surface area contributed by atoms with Gasteiger partial charge in [-0.3, -0.25) is 4.90 Å². The Bertz CT molecular complexity index is 743. The summed E-state index contributed by atoms with van der Waals surface area (Å²) in [5.41, 5.74) is 1.65. The highest BCUT2D eigenvalue weighted by Crippen LogP contribution is 2.33. The molecule has 0 fully saturated rings. The van der Waals surface area contributed by atoms with E-state index in [0.29, 0.717) is 20.8 Å². The Morgan fingerprint density at radius 3 is 2.43 bits per heavy atom. The normalized spacial score (nSPS) is 17.0. The molecule has 1 aliphatic rings. The minimum Gasteiger partial charge on any atom is -0.345 e. The molecule has 0 saturated heterocycles. The van der Waals surface area contributed by atoms with Gasteiger partial charge < -0.3 is 10.2 Å². The molecule has 1 N–H and O–H groups in total. The lowest BCUT2D eigenvalue weighted by molar-refractivity contribution is 0.391. The molecule has 0 saturated carbocycles. The lowest BCUT2D eigenvalue weighted by atomic mass is 10.3. The first-order chi connectivity index (χ1) is 11.0. The molecule has 1 aromatic carbocycles. The summed E-state index contributed by atoms with van der Waals surface area (Å²) in [4.78, 5) is 8.40. The summed E-state index contributed by atoms with van der Waals surface area (Å²) in [6.45, 7) is 1.95. The van der Waals surface area contributed by atoms with Gasteiger partial charge in [-0.1, -0.05) is 40.9 Å². The molecule has 0 spiro atoms. The van der Waals surface area contributed by atoms with Crippen LogP contribution in [0.3, 0.4) is 0 Å². The van der Waals surface area contributed by atoms with E-state index in [1.807, 2.05) is 48.3 Å². The van der Waals surface area contributed by atoms with E-state index < -0.39 is 0 Å². The number of hydrogen-bond donors (Lipinski definition) is 1. The van der Waals surface area contributed by atoms with Crippen LogP contribution in [-0.4, -0.2) is 23.2 Å². The van der Waals surface area contributed by atoms with Gasteiger partial charge in [-0.2, -0.15) is 0 Å². The maximum Gasteiger partial charge on any atom is 0.183 e. The Morgan fingerprint density at radius 2 is 1.78 bits per heavy atom. The van der Waals surface area contributed by atoms with Crippen LogP contribution in [0.2, 0.25) is 15.1 Å². The van der Waals surface area contributed by atoms with Crippen LogP contribution >= 0.6 is 34.8 Å². The molecule has 0 radical (unpaired) electrons. The number of pyridine rings is 1. The van der Waals surface area contributed by atoms with Gasteiger partial charge in [0.1, 0.15) is 5.82 Å². The summed E-state index contributed by atoms with van der Waals surface area (Å²) in [5, 5.41) is 5.14. The maximum atomic E-state index is 6.26. The van der Waals surface area contributed by atoms with E-state index in [0.717, 1.165) is 11.4 Å². The molecule has 0 bridgehead atoms. The number of benzene rings is 1. The smallest absolute Gasteiger partial charge is 0.183 e. The van der Waals surface area contributed by atoms with Gasteiger partial charge in [-0.25, -0.2) is 4.98 Å². The fraction of sp³-hybridized carbons (Fsp3) is 0.188. The van der Waals surface area contributed by atoms with E-state index >= 15 is 0 Å². The predicted octanol–water partition coefficient (Wildman–Crippen LogP) is 4.97. The fourth-order valence-corrected chi connectivity index (χ4v) is 2.95. The molecule has 7 heteroatoms. The standard InChI is InChI=1S/C16H15Cl3N4/c1-10-8-14(20-9-13(10)19)23-7-6-22(2)16(23)21-15-11(17)4-3-5-12(15)18/h3-9,16,21H,1-2H3. The summed E-state index contributed by atoms with van der Waals surface area (Å²) in [6.07, 6.45) is 5.35.